The predicted octanol–water partition coefficient (Wildman–Crippen LogP) is 3.24. The van der Waals surface area contributed by atoms with Gasteiger partial charge in [0.05, 0.1) is 13.1 Å². The smallest absolute Gasteiger partial charge is 0.194 e. The summed E-state index contributed by atoms with van der Waals surface area (Å²) in [5.74, 6) is 2.69. The predicted molar refractivity (Wildman–Crippen MR) is 123 cm³/mol. The second-order valence-electron chi connectivity index (χ2n) is 6.13. The quantitative estimate of drug-likeness (QED) is 0.355. The lowest BCUT2D eigenvalue weighted by atomic mass is 10.2. The number of pyridine rings is 1. The number of likely N-dealkylation sites (N-methyl/N-ethyl adjacent to an activating group) is 1. The first kappa shape index (κ1) is 23.0. The molecular formula is C20H30IN5O. The lowest BCUT2D eigenvalue weighted by molar-refractivity contribution is 0.281. The maximum absolute atomic E-state index is 5.78. The molecule has 1 N–H and O–H groups in total. The topological polar surface area (TPSA) is 53.0 Å². The number of halogens is 1. The third-order valence-corrected chi connectivity index (χ3v) is 3.83. The number of guanidine groups is 1. The Morgan fingerprint density at radius 3 is 2.52 bits per heavy atom. The minimum atomic E-state index is 0. The Morgan fingerprint density at radius 1 is 1.11 bits per heavy atom. The Bertz CT molecular complexity index is 694. The van der Waals surface area contributed by atoms with Crippen molar-refractivity contribution in [3.8, 4) is 5.75 Å². The van der Waals surface area contributed by atoms with Crippen molar-refractivity contribution in [3.63, 3.8) is 0 Å². The number of ether oxygens (including phenoxy) is 1. The monoisotopic (exact) mass is 483 g/mol. The molecule has 27 heavy (non-hydrogen) atoms. The molecule has 0 radical (unpaired) electrons. The minimum Gasteiger partial charge on any atom is -0.492 e. The number of anilines is 1. The Labute approximate surface area is 179 Å². The van der Waals surface area contributed by atoms with Crippen LogP contribution in [0, 0.1) is 0 Å². The number of para-hydroxylation sites is 1. The molecule has 0 spiro atoms. The molecule has 148 valence electrons. The zero-order valence-electron chi connectivity index (χ0n) is 16.6. The van der Waals surface area contributed by atoms with Gasteiger partial charge in [0, 0.05) is 39.4 Å². The normalized spacial score (nSPS) is 10.7. The lowest BCUT2D eigenvalue weighted by Crippen LogP contribution is -2.40. The molecular weight excluding hydrogens is 453 g/mol. The van der Waals surface area contributed by atoms with E-state index in [1.807, 2.05) is 62.4 Å². The molecule has 0 saturated heterocycles. The molecule has 0 saturated carbocycles. The van der Waals surface area contributed by atoms with Crippen LogP contribution >= 0.6 is 24.0 Å². The summed E-state index contributed by atoms with van der Waals surface area (Å²) in [6.45, 7) is 4.80. The fraction of sp³-hybridized carbons (Fsp3) is 0.400. The van der Waals surface area contributed by atoms with E-state index in [4.69, 9.17) is 9.73 Å². The summed E-state index contributed by atoms with van der Waals surface area (Å²) < 4.78 is 5.78. The van der Waals surface area contributed by atoms with Gasteiger partial charge in [-0.15, -0.1) is 24.0 Å². The fourth-order valence-electron chi connectivity index (χ4n) is 2.51. The summed E-state index contributed by atoms with van der Waals surface area (Å²) in [4.78, 5) is 13.3. The van der Waals surface area contributed by atoms with Crippen LogP contribution in [-0.2, 0) is 6.54 Å². The molecule has 2 aromatic rings. The van der Waals surface area contributed by atoms with Crippen molar-refractivity contribution in [2.75, 3.05) is 45.7 Å². The molecule has 0 atom stereocenters. The Morgan fingerprint density at radius 2 is 1.85 bits per heavy atom. The van der Waals surface area contributed by atoms with Crippen molar-refractivity contribution in [2.45, 2.75) is 13.5 Å². The highest BCUT2D eigenvalue weighted by molar-refractivity contribution is 14.0. The van der Waals surface area contributed by atoms with Gasteiger partial charge in [-0.2, -0.15) is 0 Å². The standard InChI is InChI=1S/C20H29N5O.HI/c1-5-21-20(23-16-17-10-9-13-22-19(17)24(2)3)25(4)14-15-26-18-11-7-6-8-12-18;/h6-13H,5,14-16H2,1-4H3,(H,21,23);1H. The Kier molecular flexibility index (Phi) is 10.5. The molecule has 0 aliphatic heterocycles. The van der Waals surface area contributed by atoms with Crippen LogP contribution in [0.25, 0.3) is 0 Å². The van der Waals surface area contributed by atoms with Gasteiger partial charge >= 0.3 is 0 Å². The SMILES string of the molecule is CCNC(=NCc1cccnc1N(C)C)N(C)CCOc1ccccc1.I. The molecule has 0 amide bonds. The summed E-state index contributed by atoms with van der Waals surface area (Å²) in [7, 11) is 6.01. The van der Waals surface area contributed by atoms with Crippen LogP contribution in [0.1, 0.15) is 12.5 Å². The number of nitrogens with zero attached hydrogens (tertiary/aromatic N) is 4. The van der Waals surface area contributed by atoms with Gasteiger partial charge in [0.15, 0.2) is 5.96 Å². The highest BCUT2D eigenvalue weighted by Gasteiger charge is 2.08. The van der Waals surface area contributed by atoms with Gasteiger partial charge in [0.25, 0.3) is 0 Å². The molecule has 1 aromatic carbocycles. The van der Waals surface area contributed by atoms with E-state index in [1.54, 1.807) is 6.20 Å². The molecule has 0 unspecified atom stereocenters. The van der Waals surface area contributed by atoms with E-state index in [0.29, 0.717) is 13.2 Å². The minimum absolute atomic E-state index is 0. The maximum Gasteiger partial charge on any atom is 0.194 e. The fourth-order valence-corrected chi connectivity index (χ4v) is 2.51. The highest BCUT2D eigenvalue weighted by atomic mass is 127. The van der Waals surface area contributed by atoms with Crippen molar-refractivity contribution in [1.29, 1.82) is 0 Å². The van der Waals surface area contributed by atoms with Crippen molar-refractivity contribution >= 4 is 35.8 Å². The van der Waals surface area contributed by atoms with Crippen LogP contribution in [0.15, 0.2) is 53.7 Å². The summed E-state index contributed by atoms with van der Waals surface area (Å²) in [5, 5.41) is 3.34. The van der Waals surface area contributed by atoms with Crippen molar-refractivity contribution in [3.05, 3.63) is 54.2 Å². The Balaban J connectivity index is 0.00000364. The van der Waals surface area contributed by atoms with Crippen LogP contribution in [0.2, 0.25) is 0 Å². The number of nitrogens with one attached hydrogen (secondary N) is 1. The number of hydrogen-bond acceptors (Lipinski definition) is 4. The summed E-state index contributed by atoms with van der Waals surface area (Å²) in [6, 6.07) is 13.9. The van der Waals surface area contributed by atoms with E-state index in [1.165, 1.54) is 0 Å². The molecule has 2 rings (SSSR count). The molecule has 7 heteroatoms. The van der Waals surface area contributed by atoms with Gasteiger partial charge in [-0.3, -0.25) is 0 Å². The Hall–Kier alpha value is -2.03. The third-order valence-electron chi connectivity index (χ3n) is 3.83. The molecule has 6 nitrogen and oxygen atoms in total. The van der Waals surface area contributed by atoms with E-state index >= 15 is 0 Å². The van der Waals surface area contributed by atoms with Crippen LogP contribution < -0.4 is 15.0 Å². The molecule has 0 fully saturated rings. The summed E-state index contributed by atoms with van der Waals surface area (Å²) >= 11 is 0. The molecule has 1 aromatic heterocycles. The van der Waals surface area contributed by atoms with Gasteiger partial charge < -0.3 is 19.9 Å². The highest BCUT2D eigenvalue weighted by Crippen LogP contribution is 2.15. The van der Waals surface area contributed by atoms with Gasteiger partial charge in [0.1, 0.15) is 18.2 Å². The first-order chi connectivity index (χ1) is 12.6. The number of aliphatic imine (C=N–C) groups is 1. The van der Waals surface area contributed by atoms with Crippen LogP contribution in [0.5, 0.6) is 5.75 Å². The van der Waals surface area contributed by atoms with Crippen molar-refractivity contribution in [1.82, 2.24) is 15.2 Å². The van der Waals surface area contributed by atoms with Gasteiger partial charge in [0.2, 0.25) is 0 Å². The molecule has 0 aliphatic rings. The van der Waals surface area contributed by atoms with E-state index in [0.717, 1.165) is 36.2 Å². The number of rotatable bonds is 8. The summed E-state index contributed by atoms with van der Waals surface area (Å²) in [6.07, 6.45) is 1.81. The number of benzene rings is 1. The van der Waals surface area contributed by atoms with E-state index in [9.17, 15) is 0 Å². The van der Waals surface area contributed by atoms with Crippen LogP contribution in [-0.4, -0.2) is 56.7 Å². The zero-order chi connectivity index (χ0) is 18.8. The van der Waals surface area contributed by atoms with Crippen LogP contribution in [0.3, 0.4) is 0 Å². The second-order valence-corrected chi connectivity index (χ2v) is 6.13. The maximum atomic E-state index is 5.78. The molecule has 0 bridgehead atoms. The average Bonchev–Trinajstić information content (AvgIpc) is 2.66. The first-order valence-electron chi connectivity index (χ1n) is 8.90. The van der Waals surface area contributed by atoms with E-state index < -0.39 is 0 Å². The van der Waals surface area contributed by atoms with Crippen molar-refractivity contribution < 1.29 is 4.74 Å². The molecule has 1 heterocycles. The third kappa shape index (κ3) is 7.62. The lowest BCUT2D eigenvalue weighted by Gasteiger charge is -2.22. The van der Waals surface area contributed by atoms with Crippen molar-refractivity contribution in [2.24, 2.45) is 4.99 Å². The second kappa shape index (κ2) is 12.4. The molecule has 0 aliphatic carbocycles. The van der Waals surface area contributed by atoms with E-state index in [-0.39, 0.29) is 24.0 Å². The van der Waals surface area contributed by atoms with E-state index in [2.05, 4.69) is 28.2 Å². The van der Waals surface area contributed by atoms with Gasteiger partial charge in [-0.05, 0) is 25.1 Å². The summed E-state index contributed by atoms with van der Waals surface area (Å²) in [5.41, 5.74) is 1.10. The first-order valence-corrected chi connectivity index (χ1v) is 8.90. The number of hydrogen-bond donors (Lipinski definition) is 1. The van der Waals surface area contributed by atoms with Gasteiger partial charge in [-0.1, -0.05) is 24.3 Å². The van der Waals surface area contributed by atoms with Gasteiger partial charge in [-0.25, -0.2) is 9.98 Å². The van der Waals surface area contributed by atoms with Crippen LogP contribution in [0.4, 0.5) is 5.82 Å². The number of aromatic nitrogens is 1. The average molecular weight is 483 g/mol. The largest absolute Gasteiger partial charge is 0.492 e. The zero-order valence-corrected chi connectivity index (χ0v) is 18.9.